The van der Waals surface area contributed by atoms with E-state index < -0.39 is 11.9 Å². The zero-order chi connectivity index (χ0) is 18.1. The Bertz CT molecular complexity index is 1010. The Morgan fingerprint density at radius 3 is 2.38 bits per heavy atom. The van der Waals surface area contributed by atoms with Gasteiger partial charge in [0, 0.05) is 16.7 Å². The molecule has 3 amide bonds. The first-order valence-electron chi connectivity index (χ1n) is 7.90. The molecule has 0 bridgehead atoms. The molecule has 6 heteroatoms. The molecule has 128 valence electrons. The highest BCUT2D eigenvalue weighted by molar-refractivity contribution is 6.31. The summed E-state index contributed by atoms with van der Waals surface area (Å²) >= 11 is 5.85. The molecule has 3 aromatic rings. The van der Waals surface area contributed by atoms with Gasteiger partial charge < -0.3 is 9.73 Å². The summed E-state index contributed by atoms with van der Waals surface area (Å²) in [5, 5.41) is 3.10. The van der Waals surface area contributed by atoms with Gasteiger partial charge in [0.1, 0.15) is 17.2 Å². The van der Waals surface area contributed by atoms with Gasteiger partial charge in [-0.1, -0.05) is 41.9 Å². The fraction of sp³-hybridized carbons (Fsp3) is 0. The zero-order valence-electron chi connectivity index (χ0n) is 13.5. The van der Waals surface area contributed by atoms with Crippen LogP contribution >= 0.6 is 11.6 Å². The monoisotopic (exact) mass is 364 g/mol. The molecule has 2 heterocycles. The van der Waals surface area contributed by atoms with Crippen molar-refractivity contribution in [2.75, 3.05) is 4.90 Å². The van der Waals surface area contributed by atoms with Gasteiger partial charge in [0.2, 0.25) is 0 Å². The Hall–Kier alpha value is -3.31. The fourth-order valence-electron chi connectivity index (χ4n) is 2.69. The summed E-state index contributed by atoms with van der Waals surface area (Å²) in [6, 6.07) is 19.1. The van der Waals surface area contributed by atoms with Crippen molar-refractivity contribution >= 4 is 35.3 Å². The lowest BCUT2D eigenvalue weighted by Gasteiger charge is -2.11. The highest BCUT2D eigenvalue weighted by atomic mass is 35.5. The molecule has 1 saturated heterocycles. The summed E-state index contributed by atoms with van der Waals surface area (Å²) in [4.78, 5) is 25.8. The molecule has 1 fully saturated rings. The quantitative estimate of drug-likeness (QED) is 0.541. The van der Waals surface area contributed by atoms with Crippen LogP contribution in [0.15, 0.2) is 76.8 Å². The van der Waals surface area contributed by atoms with Crippen LogP contribution in [0.5, 0.6) is 0 Å². The number of amides is 3. The van der Waals surface area contributed by atoms with Crippen molar-refractivity contribution in [2.24, 2.45) is 0 Å². The van der Waals surface area contributed by atoms with E-state index in [-0.39, 0.29) is 5.70 Å². The maximum absolute atomic E-state index is 12.6. The molecule has 0 spiro atoms. The van der Waals surface area contributed by atoms with Crippen molar-refractivity contribution in [2.45, 2.75) is 0 Å². The van der Waals surface area contributed by atoms with Crippen molar-refractivity contribution in [3.8, 4) is 11.3 Å². The number of nitrogens with zero attached hydrogens (tertiary/aromatic N) is 1. The normalized spacial score (nSPS) is 15.6. The smallest absolute Gasteiger partial charge is 0.333 e. The molecule has 1 aromatic heterocycles. The number of hydrogen-bond acceptors (Lipinski definition) is 3. The third kappa shape index (κ3) is 3.00. The van der Waals surface area contributed by atoms with Gasteiger partial charge in [-0.25, -0.2) is 9.69 Å². The number of imide groups is 1. The maximum Gasteiger partial charge on any atom is 0.333 e. The summed E-state index contributed by atoms with van der Waals surface area (Å²) in [5.41, 5.74) is 1.53. The average Bonchev–Trinajstić information content (AvgIpc) is 3.22. The van der Waals surface area contributed by atoms with Crippen LogP contribution in [0.2, 0.25) is 5.02 Å². The number of carbonyl (C=O) groups is 2. The molecular weight excluding hydrogens is 352 g/mol. The summed E-state index contributed by atoms with van der Waals surface area (Å²) in [7, 11) is 0. The number of furan rings is 1. The third-order valence-corrected chi connectivity index (χ3v) is 4.19. The highest BCUT2D eigenvalue weighted by Gasteiger charge is 2.35. The summed E-state index contributed by atoms with van der Waals surface area (Å²) in [6.45, 7) is 0. The van der Waals surface area contributed by atoms with E-state index in [1.165, 1.54) is 6.08 Å². The average molecular weight is 365 g/mol. The summed E-state index contributed by atoms with van der Waals surface area (Å²) < 4.78 is 5.76. The first kappa shape index (κ1) is 16.2. The summed E-state index contributed by atoms with van der Waals surface area (Å²) in [6.07, 6.45) is 1.52. The highest BCUT2D eigenvalue weighted by Crippen LogP contribution is 2.26. The molecule has 26 heavy (non-hydrogen) atoms. The van der Waals surface area contributed by atoms with Crippen LogP contribution in [0.4, 0.5) is 10.5 Å². The van der Waals surface area contributed by atoms with E-state index in [9.17, 15) is 9.59 Å². The van der Waals surface area contributed by atoms with Gasteiger partial charge in [-0.05, 0) is 36.4 Å². The molecule has 1 N–H and O–H groups in total. The lowest BCUT2D eigenvalue weighted by atomic mass is 10.2. The van der Waals surface area contributed by atoms with E-state index in [2.05, 4.69) is 5.32 Å². The van der Waals surface area contributed by atoms with Crippen LogP contribution in [0.3, 0.4) is 0 Å². The van der Waals surface area contributed by atoms with Crippen LogP contribution in [-0.2, 0) is 4.79 Å². The van der Waals surface area contributed by atoms with Gasteiger partial charge in [0.15, 0.2) is 0 Å². The molecule has 0 unspecified atom stereocenters. The number of halogens is 1. The van der Waals surface area contributed by atoms with Gasteiger partial charge in [-0.3, -0.25) is 4.79 Å². The number of nitrogens with one attached hydrogen (secondary N) is 1. The largest absolute Gasteiger partial charge is 0.457 e. The lowest BCUT2D eigenvalue weighted by Crippen LogP contribution is -2.30. The number of carbonyl (C=O) groups excluding carboxylic acids is 2. The SMILES string of the molecule is O=C1N/C(=C/c2ccc(-c3ccccc3)o2)C(=O)N1c1ccc(Cl)cc1. The predicted molar refractivity (Wildman–Crippen MR) is 99.6 cm³/mol. The fourth-order valence-corrected chi connectivity index (χ4v) is 2.82. The molecule has 0 saturated carbocycles. The van der Waals surface area contributed by atoms with Crippen molar-refractivity contribution < 1.29 is 14.0 Å². The van der Waals surface area contributed by atoms with E-state index in [0.29, 0.717) is 22.2 Å². The number of benzene rings is 2. The molecule has 5 nitrogen and oxygen atoms in total. The van der Waals surface area contributed by atoms with Gasteiger partial charge >= 0.3 is 6.03 Å². The second-order valence-corrected chi connectivity index (χ2v) is 6.11. The minimum Gasteiger partial charge on any atom is -0.457 e. The molecule has 0 aliphatic carbocycles. The maximum atomic E-state index is 12.6. The van der Waals surface area contributed by atoms with Gasteiger partial charge in [0.05, 0.1) is 5.69 Å². The van der Waals surface area contributed by atoms with Crippen LogP contribution in [0.25, 0.3) is 17.4 Å². The second kappa shape index (κ2) is 6.54. The zero-order valence-corrected chi connectivity index (χ0v) is 14.2. The van der Waals surface area contributed by atoms with E-state index in [1.807, 2.05) is 36.4 Å². The number of hydrogen-bond donors (Lipinski definition) is 1. The van der Waals surface area contributed by atoms with Crippen molar-refractivity contribution in [3.05, 3.63) is 83.2 Å². The third-order valence-electron chi connectivity index (χ3n) is 3.93. The number of urea groups is 1. The second-order valence-electron chi connectivity index (χ2n) is 5.67. The van der Waals surface area contributed by atoms with E-state index in [1.54, 1.807) is 30.3 Å². The van der Waals surface area contributed by atoms with Crippen LogP contribution in [-0.4, -0.2) is 11.9 Å². The molecule has 2 aromatic carbocycles. The summed E-state index contributed by atoms with van der Waals surface area (Å²) in [5.74, 6) is 0.712. The Balaban J connectivity index is 1.61. The van der Waals surface area contributed by atoms with Crippen LogP contribution < -0.4 is 10.2 Å². The Morgan fingerprint density at radius 1 is 0.923 bits per heavy atom. The van der Waals surface area contributed by atoms with Crippen molar-refractivity contribution in [1.82, 2.24) is 5.32 Å². The predicted octanol–water partition coefficient (Wildman–Crippen LogP) is 4.70. The Labute approximate surface area is 154 Å². The van der Waals surface area contributed by atoms with E-state index >= 15 is 0 Å². The Kier molecular flexibility index (Phi) is 4.07. The molecule has 1 aliphatic rings. The standard InChI is InChI=1S/C20H13ClN2O3/c21-14-6-8-15(9-7-14)23-19(24)17(22-20(23)25)12-16-10-11-18(26-16)13-4-2-1-3-5-13/h1-12H,(H,22,25)/b17-12+. The van der Waals surface area contributed by atoms with Gasteiger partial charge in [0.25, 0.3) is 5.91 Å². The number of rotatable bonds is 3. The molecule has 0 atom stereocenters. The molecule has 0 radical (unpaired) electrons. The first-order chi connectivity index (χ1) is 12.6. The molecule has 1 aliphatic heterocycles. The Morgan fingerprint density at radius 2 is 1.65 bits per heavy atom. The minimum absolute atomic E-state index is 0.152. The molecular formula is C20H13ClN2O3. The van der Waals surface area contributed by atoms with Gasteiger partial charge in [-0.15, -0.1) is 0 Å². The van der Waals surface area contributed by atoms with Crippen LogP contribution in [0.1, 0.15) is 5.76 Å². The first-order valence-corrected chi connectivity index (χ1v) is 8.27. The van der Waals surface area contributed by atoms with Gasteiger partial charge in [-0.2, -0.15) is 0 Å². The van der Waals surface area contributed by atoms with Crippen molar-refractivity contribution in [1.29, 1.82) is 0 Å². The lowest BCUT2D eigenvalue weighted by molar-refractivity contribution is -0.113. The topological polar surface area (TPSA) is 62.6 Å². The van der Waals surface area contributed by atoms with Crippen LogP contribution in [0, 0.1) is 0 Å². The number of anilines is 1. The minimum atomic E-state index is -0.515. The van der Waals surface area contributed by atoms with Crippen molar-refractivity contribution in [3.63, 3.8) is 0 Å². The van der Waals surface area contributed by atoms with E-state index in [4.69, 9.17) is 16.0 Å². The molecule has 4 rings (SSSR count). The van der Waals surface area contributed by atoms with E-state index in [0.717, 1.165) is 10.5 Å².